The number of hydrogen-bond donors (Lipinski definition) is 12. The Labute approximate surface area is 474 Å². The number of H-pyrrole nitrogens is 2. The number of rotatable bonds is 15. The predicted octanol–water partition coefficient (Wildman–Crippen LogP) is 4.07. The van der Waals surface area contributed by atoms with Crippen LogP contribution in [0.2, 0.25) is 0 Å². The highest BCUT2D eigenvalue weighted by molar-refractivity contribution is 8.13. The molecule has 0 aliphatic carbocycles. The summed E-state index contributed by atoms with van der Waals surface area (Å²) in [5, 5.41) is 30.6. The average Bonchev–Trinajstić information content (AvgIpc) is 4.03. The molecule has 434 valence electrons. The minimum Gasteiger partial charge on any atom is -0.444 e. The predicted molar refractivity (Wildman–Crippen MR) is 306 cm³/mol. The smallest absolute Gasteiger partial charge is 0.408 e. The standard InChI is InChI=1S/C11H16N4O2.C11H18N2O2S.C10H16N2O3.C10H16N2O2S.C6H8N4.CH4N2O.ClH/c1-5-6-8(9-12-7-13-15-9)14-10(16)17-11(2,3)4;1-6-7-8(9(12)16-5)13-10(14)15-11(2,3)4;1-5-6-7(8(11)13)12-9(14)15-10(2,3)4;1-5-6-7(8(11)15)12-9(13)14-10(2,3)4;1-2-3-5(7)6-8-4-9-10-6;2-3-1-4;/h1,7-8H,6H2,2-4H3,(H,14,16)(H,12,13,15);1,8,12H,7H2,2-5H3,(H,13,14);1,7H,6H2,2-4H3,(H2,11,13)(H,12,14);1,7H,6H2,2-4H3,(H2,11,15)(H,12,13);1,4-5H,3,7H2,(H,8,9,10);1H,2H2,(H,3,4);1H/t2*8-;2*7-;5-;;/m00000../s1. The summed E-state index contributed by atoms with van der Waals surface area (Å²) < 4.78 is 20.2. The van der Waals surface area contributed by atoms with Crippen molar-refractivity contribution < 1.29 is 47.7 Å². The number of carbonyl (C=O) groups excluding carboxylic acids is 6. The monoisotopic (exact) mass is 1150 g/mol. The van der Waals surface area contributed by atoms with Crippen molar-refractivity contribution >= 4 is 83.1 Å². The van der Waals surface area contributed by atoms with E-state index >= 15 is 0 Å². The van der Waals surface area contributed by atoms with E-state index in [9.17, 15) is 24.0 Å². The van der Waals surface area contributed by atoms with Crippen LogP contribution in [0.25, 0.3) is 0 Å². The first-order valence-electron chi connectivity index (χ1n) is 22.7. The van der Waals surface area contributed by atoms with Crippen LogP contribution in [-0.4, -0.2) is 124 Å². The van der Waals surface area contributed by atoms with E-state index in [1.54, 1.807) is 94.8 Å². The van der Waals surface area contributed by atoms with Gasteiger partial charge in [0, 0.05) is 32.1 Å². The molecule has 29 heteroatoms. The zero-order valence-electron chi connectivity index (χ0n) is 46.4. The van der Waals surface area contributed by atoms with Gasteiger partial charge in [-0.3, -0.25) is 30.6 Å². The summed E-state index contributed by atoms with van der Waals surface area (Å²) in [5.74, 6) is 16.8. The second-order valence-electron chi connectivity index (χ2n) is 18.8. The maximum atomic E-state index is 11.6. The Morgan fingerprint density at radius 2 is 0.962 bits per heavy atom. The average molecular weight is 1150 g/mol. The van der Waals surface area contributed by atoms with Crippen LogP contribution in [0.4, 0.5) is 19.2 Å². The van der Waals surface area contributed by atoms with Crippen molar-refractivity contribution in [1.82, 2.24) is 57.1 Å². The van der Waals surface area contributed by atoms with Gasteiger partial charge in [-0.1, -0.05) is 12.2 Å². The number of terminal acetylenes is 5. The normalized spacial score (nSPS) is 11.9. The lowest BCUT2D eigenvalue weighted by Crippen LogP contribution is -2.46. The van der Waals surface area contributed by atoms with E-state index in [2.05, 4.69) is 87.1 Å². The lowest BCUT2D eigenvalue weighted by molar-refractivity contribution is -0.120. The Hall–Kier alpha value is -7.78. The number of aromatic amines is 2. The summed E-state index contributed by atoms with van der Waals surface area (Å²) in [5.41, 5.74) is 15.5. The molecule has 0 saturated heterocycles. The number of alkyl carbamates (subject to hydrolysis) is 4. The summed E-state index contributed by atoms with van der Waals surface area (Å²) >= 11 is 6.00. The quantitative estimate of drug-likeness (QED) is 0.0138. The first kappa shape index (κ1) is 79.1. The number of amides is 6. The first-order valence-corrected chi connectivity index (χ1v) is 24.4. The summed E-state index contributed by atoms with van der Waals surface area (Å²) in [6.45, 7) is 21.2. The molecule has 2 aromatic heterocycles. The molecule has 0 radical (unpaired) electrons. The fourth-order valence-electron chi connectivity index (χ4n) is 4.28. The Morgan fingerprint density at radius 3 is 1.26 bits per heavy atom. The van der Waals surface area contributed by atoms with E-state index in [-0.39, 0.29) is 36.3 Å². The van der Waals surface area contributed by atoms with Crippen LogP contribution >= 0.6 is 36.4 Å². The third-order valence-electron chi connectivity index (χ3n) is 7.23. The number of nitrogens with two attached hydrogens (primary N) is 4. The van der Waals surface area contributed by atoms with Crippen molar-refractivity contribution in [1.29, 1.82) is 5.41 Å². The van der Waals surface area contributed by atoms with Crippen LogP contribution < -0.4 is 49.7 Å². The molecular formula is C49H79ClN16O10S2. The molecule has 6 amide bonds. The van der Waals surface area contributed by atoms with Gasteiger partial charge in [0.05, 0.1) is 28.2 Å². The van der Waals surface area contributed by atoms with Crippen molar-refractivity contribution in [2.75, 3.05) is 6.26 Å². The number of thiocarbonyl (C=S) groups is 1. The van der Waals surface area contributed by atoms with Crippen LogP contribution in [0.1, 0.15) is 139 Å². The maximum absolute atomic E-state index is 11.6. The molecule has 0 spiro atoms. The van der Waals surface area contributed by atoms with Crippen molar-refractivity contribution in [3.05, 3.63) is 24.3 Å². The number of nitrogens with one attached hydrogen (secondary N) is 8. The summed E-state index contributed by atoms with van der Waals surface area (Å²) in [6, 6.07) is -2.50. The SMILES string of the molecule is C#CC[C@H](N)c1ncn[nH]1.C#CC[C@H](NC(=O)OC(C)(C)C)C(=N)SC.C#CC[C@H](NC(=O)OC(C)(C)C)C(N)=O.C#CC[C@H](NC(=O)OC(C)(C)C)C(N)=S.C#CC[C@H](NC(=O)OC(C)(C)C)c1ncn[nH]1.Cl.NNC=O. The molecule has 26 nitrogen and oxygen atoms in total. The van der Waals surface area contributed by atoms with Crippen molar-refractivity contribution in [3.8, 4) is 61.7 Å². The zero-order valence-corrected chi connectivity index (χ0v) is 48.9. The van der Waals surface area contributed by atoms with Crippen LogP contribution in [0.3, 0.4) is 0 Å². The van der Waals surface area contributed by atoms with E-state index in [0.29, 0.717) is 42.4 Å². The lowest BCUT2D eigenvalue weighted by atomic mass is 10.2. The fourth-order valence-corrected chi connectivity index (χ4v) is 4.85. The second kappa shape index (κ2) is 42.3. The molecule has 0 aliphatic rings. The minimum atomic E-state index is -0.884. The Kier molecular flexibility index (Phi) is 42.9. The third kappa shape index (κ3) is 47.9. The summed E-state index contributed by atoms with van der Waals surface area (Å²) in [4.78, 5) is 73.3. The number of primary amides is 1. The highest BCUT2D eigenvalue weighted by Gasteiger charge is 2.25. The van der Waals surface area contributed by atoms with E-state index in [1.807, 2.05) is 0 Å². The molecule has 0 fully saturated rings. The molecule has 0 bridgehead atoms. The number of carbonyl (C=O) groups is 6. The summed E-state index contributed by atoms with van der Waals surface area (Å²) in [6.07, 6.45) is 29.6. The van der Waals surface area contributed by atoms with E-state index < -0.39 is 76.9 Å². The van der Waals surface area contributed by atoms with Gasteiger partial charge in [-0.15, -0.1) is 85.9 Å². The van der Waals surface area contributed by atoms with Crippen molar-refractivity contribution in [3.63, 3.8) is 0 Å². The van der Waals surface area contributed by atoms with Gasteiger partial charge in [0.1, 0.15) is 58.8 Å². The van der Waals surface area contributed by atoms with Gasteiger partial charge >= 0.3 is 24.4 Å². The number of ether oxygens (including phenoxy) is 4. The van der Waals surface area contributed by atoms with Crippen LogP contribution in [0, 0.1) is 67.1 Å². The fraction of sp³-hybridized carbons (Fsp3) is 0.551. The molecule has 0 aliphatic heterocycles. The molecule has 78 heavy (non-hydrogen) atoms. The molecule has 0 saturated carbocycles. The number of hydrogen-bond acceptors (Lipinski definition) is 19. The van der Waals surface area contributed by atoms with E-state index in [4.69, 9.17) is 90.7 Å². The number of halogens is 1. The highest BCUT2D eigenvalue weighted by Crippen LogP contribution is 2.14. The highest BCUT2D eigenvalue weighted by atomic mass is 35.5. The van der Waals surface area contributed by atoms with Gasteiger partial charge in [0.25, 0.3) is 0 Å². The number of nitrogens with zero attached hydrogens (tertiary/aromatic N) is 4. The number of hydrazine groups is 1. The van der Waals surface area contributed by atoms with Gasteiger partial charge in [-0.2, -0.15) is 10.2 Å². The molecule has 0 aromatic carbocycles. The third-order valence-corrected chi connectivity index (χ3v) is 8.24. The molecule has 2 heterocycles. The topological polar surface area (TPSA) is 411 Å². The largest absolute Gasteiger partial charge is 0.444 e. The van der Waals surface area contributed by atoms with Crippen LogP contribution in [0.15, 0.2) is 12.7 Å². The Balaban J connectivity index is -0.000000280. The lowest BCUT2D eigenvalue weighted by Gasteiger charge is -2.22. The Morgan fingerprint density at radius 1 is 0.641 bits per heavy atom. The van der Waals surface area contributed by atoms with Crippen molar-refractivity contribution in [2.24, 2.45) is 23.0 Å². The molecule has 2 rings (SSSR count). The van der Waals surface area contributed by atoms with Crippen LogP contribution in [0.5, 0.6) is 0 Å². The first-order chi connectivity index (χ1) is 35.5. The molecular weight excluding hydrogens is 1070 g/mol. The van der Waals surface area contributed by atoms with Gasteiger partial charge in [-0.25, -0.2) is 35.0 Å². The zero-order chi connectivity index (χ0) is 60.6. The van der Waals surface area contributed by atoms with Gasteiger partial charge in [0.2, 0.25) is 12.3 Å². The van der Waals surface area contributed by atoms with Crippen molar-refractivity contribution in [2.45, 2.75) is 168 Å². The van der Waals surface area contributed by atoms with E-state index in [1.165, 1.54) is 24.4 Å². The minimum absolute atomic E-state index is 0. The molecule has 5 atom stereocenters. The number of aromatic nitrogens is 6. The van der Waals surface area contributed by atoms with Crippen LogP contribution in [-0.2, 0) is 28.5 Å². The number of thioether (sulfide) groups is 1. The summed E-state index contributed by atoms with van der Waals surface area (Å²) in [7, 11) is 0. The Bertz CT molecular complexity index is 2250. The molecule has 0 unspecified atom stereocenters. The molecule has 16 N–H and O–H groups in total. The maximum Gasteiger partial charge on any atom is 0.408 e. The van der Waals surface area contributed by atoms with Gasteiger partial charge in [-0.05, 0) is 89.3 Å². The van der Waals surface area contributed by atoms with E-state index in [0.717, 1.165) is 0 Å². The second-order valence-corrected chi connectivity index (χ2v) is 20.2. The van der Waals surface area contributed by atoms with Gasteiger partial charge < -0.3 is 57.4 Å². The van der Waals surface area contributed by atoms with Gasteiger partial charge in [0.15, 0.2) is 0 Å². The molecule has 2 aromatic rings.